The largest absolute Gasteiger partial charge is 0.489 e. The van der Waals surface area contributed by atoms with Crippen molar-refractivity contribution >= 4 is 26.8 Å². The second kappa shape index (κ2) is 4.19. The van der Waals surface area contributed by atoms with E-state index in [1.54, 1.807) is 6.20 Å². The van der Waals surface area contributed by atoms with E-state index in [0.717, 1.165) is 21.1 Å². The normalized spacial score (nSPS) is 10.9. The van der Waals surface area contributed by atoms with Crippen molar-refractivity contribution in [3.63, 3.8) is 0 Å². The van der Waals surface area contributed by atoms with Crippen LogP contribution in [0.4, 0.5) is 0 Å². The molecule has 2 nitrogen and oxygen atoms in total. The number of aromatic nitrogens is 1. The second-order valence-electron chi connectivity index (χ2n) is 3.65. The fourth-order valence-electron chi connectivity index (χ4n) is 1.44. The van der Waals surface area contributed by atoms with Crippen LogP contribution in [0.5, 0.6) is 5.75 Å². The van der Waals surface area contributed by atoms with Crippen molar-refractivity contribution in [2.24, 2.45) is 0 Å². The van der Waals surface area contributed by atoms with Crippen molar-refractivity contribution in [2.45, 2.75) is 20.0 Å². The number of benzene rings is 1. The summed E-state index contributed by atoms with van der Waals surface area (Å²) in [6, 6.07) is 8.01. The maximum Gasteiger partial charge on any atom is 0.138 e. The Balaban J connectivity index is 2.48. The minimum Gasteiger partial charge on any atom is -0.489 e. The number of ether oxygens (including phenoxy) is 1. The molecule has 0 unspecified atom stereocenters. The molecule has 3 heteroatoms. The molecule has 0 amide bonds. The Morgan fingerprint density at radius 1 is 1.33 bits per heavy atom. The predicted molar refractivity (Wildman–Crippen MR) is 65.2 cm³/mol. The first-order chi connectivity index (χ1) is 7.16. The molecule has 0 atom stereocenters. The van der Waals surface area contributed by atoms with Gasteiger partial charge in [-0.15, -0.1) is 0 Å². The first-order valence-electron chi connectivity index (χ1n) is 4.88. The summed E-state index contributed by atoms with van der Waals surface area (Å²) in [4.78, 5) is 4.36. The van der Waals surface area contributed by atoms with E-state index in [4.69, 9.17) is 4.74 Å². The smallest absolute Gasteiger partial charge is 0.138 e. The van der Waals surface area contributed by atoms with Crippen LogP contribution in [-0.2, 0) is 0 Å². The highest BCUT2D eigenvalue weighted by atomic mass is 79.9. The lowest BCUT2D eigenvalue weighted by Crippen LogP contribution is -2.05. The molecule has 0 aliphatic rings. The number of pyridine rings is 1. The molecular formula is C12H12BrNO. The van der Waals surface area contributed by atoms with Crippen LogP contribution in [0.2, 0.25) is 0 Å². The van der Waals surface area contributed by atoms with Gasteiger partial charge in [-0.25, -0.2) is 0 Å². The van der Waals surface area contributed by atoms with Crippen molar-refractivity contribution < 1.29 is 4.74 Å². The number of hydrogen-bond acceptors (Lipinski definition) is 2. The Morgan fingerprint density at radius 3 is 2.87 bits per heavy atom. The molecular weight excluding hydrogens is 254 g/mol. The third kappa shape index (κ3) is 2.29. The maximum atomic E-state index is 5.58. The van der Waals surface area contributed by atoms with Crippen molar-refractivity contribution in [3.8, 4) is 5.75 Å². The molecule has 0 fully saturated rings. The zero-order valence-corrected chi connectivity index (χ0v) is 10.3. The first-order valence-corrected chi connectivity index (χ1v) is 5.67. The zero-order valence-electron chi connectivity index (χ0n) is 8.70. The molecule has 2 aromatic rings. The van der Waals surface area contributed by atoms with Crippen LogP contribution < -0.4 is 4.74 Å². The summed E-state index contributed by atoms with van der Waals surface area (Å²) in [6.45, 7) is 4.01. The SMILES string of the molecule is CC(C)Oc1cnc2c(Br)cccc2c1. The van der Waals surface area contributed by atoms with Gasteiger partial charge in [0.1, 0.15) is 5.75 Å². The minimum absolute atomic E-state index is 0.177. The number of fused-ring (bicyclic) bond motifs is 1. The molecule has 0 saturated heterocycles. The number of nitrogens with zero attached hydrogens (tertiary/aromatic N) is 1. The van der Waals surface area contributed by atoms with Crippen LogP contribution in [-0.4, -0.2) is 11.1 Å². The fourth-order valence-corrected chi connectivity index (χ4v) is 1.92. The number of rotatable bonds is 2. The molecule has 0 aliphatic heterocycles. The topological polar surface area (TPSA) is 22.1 Å². The van der Waals surface area contributed by atoms with E-state index in [2.05, 4.69) is 20.9 Å². The second-order valence-corrected chi connectivity index (χ2v) is 4.50. The van der Waals surface area contributed by atoms with Crippen LogP contribution in [0.25, 0.3) is 10.9 Å². The Hall–Kier alpha value is -1.09. The Labute approximate surface area is 97.4 Å². The molecule has 1 heterocycles. The Bertz CT molecular complexity index is 482. The first kappa shape index (κ1) is 10.4. The zero-order chi connectivity index (χ0) is 10.8. The highest BCUT2D eigenvalue weighted by Gasteiger charge is 2.02. The number of hydrogen-bond donors (Lipinski definition) is 0. The average molecular weight is 266 g/mol. The van der Waals surface area contributed by atoms with Crippen molar-refractivity contribution in [1.29, 1.82) is 0 Å². The Kier molecular flexibility index (Phi) is 2.91. The van der Waals surface area contributed by atoms with Gasteiger partial charge >= 0.3 is 0 Å². The van der Waals surface area contributed by atoms with E-state index >= 15 is 0 Å². The molecule has 0 bridgehead atoms. The molecule has 15 heavy (non-hydrogen) atoms. The standard InChI is InChI=1S/C12H12BrNO/c1-8(2)15-10-6-9-4-3-5-11(13)12(9)14-7-10/h3-8H,1-2H3. The lowest BCUT2D eigenvalue weighted by molar-refractivity contribution is 0.242. The summed E-state index contributed by atoms with van der Waals surface area (Å²) in [5.41, 5.74) is 0.966. The highest BCUT2D eigenvalue weighted by Crippen LogP contribution is 2.25. The number of halogens is 1. The molecule has 0 spiro atoms. The summed E-state index contributed by atoms with van der Waals surface area (Å²) >= 11 is 3.47. The molecule has 0 N–H and O–H groups in total. The fraction of sp³-hybridized carbons (Fsp3) is 0.250. The van der Waals surface area contributed by atoms with Gasteiger partial charge < -0.3 is 4.74 Å². The van der Waals surface area contributed by atoms with E-state index in [9.17, 15) is 0 Å². The maximum absolute atomic E-state index is 5.58. The molecule has 2 rings (SSSR count). The molecule has 78 valence electrons. The van der Waals surface area contributed by atoms with Crippen LogP contribution in [0.15, 0.2) is 34.9 Å². The lowest BCUT2D eigenvalue weighted by Gasteiger charge is -2.09. The van der Waals surface area contributed by atoms with E-state index in [0.29, 0.717) is 0 Å². The quantitative estimate of drug-likeness (QED) is 0.825. The van der Waals surface area contributed by atoms with E-state index < -0.39 is 0 Å². The van der Waals surface area contributed by atoms with Gasteiger partial charge in [0.2, 0.25) is 0 Å². The van der Waals surface area contributed by atoms with Crippen LogP contribution >= 0.6 is 15.9 Å². The molecule has 0 radical (unpaired) electrons. The summed E-state index contributed by atoms with van der Waals surface area (Å²) in [5.74, 6) is 0.815. The highest BCUT2D eigenvalue weighted by molar-refractivity contribution is 9.10. The van der Waals surface area contributed by atoms with Crippen LogP contribution in [0.1, 0.15) is 13.8 Å². The minimum atomic E-state index is 0.177. The van der Waals surface area contributed by atoms with Crippen molar-refractivity contribution in [3.05, 3.63) is 34.9 Å². The summed E-state index contributed by atoms with van der Waals surface area (Å²) in [6.07, 6.45) is 1.93. The van der Waals surface area contributed by atoms with Gasteiger partial charge in [0.05, 0.1) is 17.8 Å². The monoisotopic (exact) mass is 265 g/mol. The third-order valence-corrected chi connectivity index (χ3v) is 2.65. The average Bonchev–Trinajstić information content (AvgIpc) is 2.17. The van der Waals surface area contributed by atoms with Gasteiger partial charge in [-0.3, -0.25) is 4.98 Å². The summed E-state index contributed by atoms with van der Waals surface area (Å²) in [5, 5.41) is 1.09. The predicted octanol–water partition coefficient (Wildman–Crippen LogP) is 3.78. The van der Waals surface area contributed by atoms with Gasteiger partial charge in [0, 0.05) is 9.86 Å². The van der Waals surface area contributed by atoms with Gasteiger partial charge in [-0.05, 0) is 41.9 Å². The van der Waals surface area contributed by atoms with Crippen molar-refractivity contribution in [2.75, 3.05) is 0 Å². The van der Waals surface area contributed by atoms with Gasteiger partial charge in [0.15, 0.2) is 0 Å². The molecule has 1 aromatic heterocycles. The van der Waals surface area contributed by atoms with Crippen LogP contribution in [0.3, 0.4) is 0 Å². The lowest BCUT2D eigenvalue weighted by atomic mass is 10.2. The van der Waals surface area contributed by atoms with Gasteiger partial charge in [0.25, 0.3) is 0 Å². The van der Waals surface area contributed by atoms with Crippen molar-refractivity contribution in [1.82, 2.24) is 4.98 Å². The van der Waals surface area contributed by atoms with E-state index in [1.807, 2.05) is 38.1 Å². The summed E-state index contributed by atoms with van der Waals surface area (Å²) < 4.78 is 6.59. The number of para-hydroxylation sites is 1. The van der Waals surface area contributed by atoms with E-state index in [1.165, 1.54) is 0 Å². The third-order valence-electron chi connectivity index (χ3n) is 2.01. The molecule has 0 aliphatic carbocycles. The van der Waals surface area contributed by atoms with E-state index in [-0.39, 0.29) is 6.10 Å². The molecule has 1 aromatic carbocycles. The summed E-state index contributed by atoms with van der Waals surface area (Å²) in [7, 11) is 0. The Morgan fingerprint density at radius 2 is 2.13 bits per heavy atom. The molecule has 0 saturated carbocycles. The van der Waals surface area contributed by atoms with Gasteiger partial charge in [-0.1, -0.05) is 12.1 Å². The van der Waals surface area contributed by atoms with Gasteiger partial charge in [-0.2, -0.15) is 0 Å². The van der Waals surface area contributed by atoms with Crippen LogP contribution in [0, 0.1) is 0 Å².